The standard InChI is InChI=1S/C22H19ClN2O5S/c1-2-29-21-14-16(15-24-25-31(27,28)19-6-4-3-5-7-19)8-13-20(21)30-22(26)17-9-11-18(23)12-10-17/h3-15,25H,2H2,1H3. The summed E-state index contributed by atoms with van der Waals surface area (Å²) in [5.74, 6) is -0.0156. The van der Waals surface area contributed by atoms with E-state index in [2.05, 4.69) is 9.93 Å². The topological polar surface area (TPSA) is 94.1 Å². The number of esters is 1. The molecular weight excluding hydrogens is 440 g/mol. The second-order valence-corrected chi connectivity index (χ2v) is 8.30. The summed E-state index contributed by atoms with van der Waals surface area (Å²) in [6, 6.07) is 19.0. The largest absolute Gasteiger partial charge is 0.490 e. The van der Waals surface area contributed by atoms with Gasteiger partial charge >= 0.3 is 5.97 Å². The number of halogens is 1. The first-order chi connectivity index (χ1) is 14.9. The van der Waals surface area contributed by atoms with E-state index in [0.29, 0.717) is 28.5 Å². The van der Waals surface area contributed by atoms with Gasteiger partial charge in [0.15, 0.2) is 11.5 Å². The molecule has 160 valence electrons. The molecular formula is C22H19ClN2O5S. The number of hydrogen-bond acceptors (Lipinski definition) is 6. The van der Waals surface area contributed by atoms with E-state index in [1.807, 2.05) is 0 Å². The smallest absolute Gasteiger partial charge is 0.343 e. The summed E-state index contributed by atoms with van der Waals surface area (Å²) >= 11 is 5.84. The second-order valence-electron chi connectivity index (χ2n) is 6.20. The first-order valence-electron chi connectivity index (χ1n) is 9.23. The number of hydrazone groups is 1. The zero-order chi connectivity index (χ0) is 22.3. The van der Waals surface area contributed by atoms with E-state index in [1.54, 1.807) is 67.6 Å². The molecule has 3 aromatic carbocycles. The van der Waals surface area contributed by atoms with E-state index < -0.39 is 16.0 Å². The molecule has 0 atom stereocenters. The highest BCUT2D eigenvalue weighted by Gasteiger charge is 2.14. The van der Waals surface area contributed by atoms with Crippen LogP contribution in [0.5, 0.6) is 11.5 Å². The Hall–Kier alpha value is -3.36. The number of sulfonamides is 1. The van der Waals surface area contributed by atoms with Crippen molar-refractivity contribution in [2.24, 2.45) is 5.10 Å². The minimum atomic E-state index is -3.77. The molecule has 3 aromatic rings. The fraction of sp³-hybridized carbons (Fsp3) is 0.0909. The Morgan fingerprint density at radius 3 is 2.42 bits per heavy atom. The van der Waals surface area contributed by atoms with E-state index in [0.717, 1.165) is 0 Å². The molecule has 0 aromatic heterocycles. The van der Waals surface area contributed by atoms with Gasteiger partial charge in [-0.3, -0.25) is 0 Å². The van der Waals surface area contributed by atoms with Crippen molar-refractivity contribution in [2.45, 2.75) is 11.8 Å². The number of carbonyl (C=O) groups is 1. The fourth-order valence-corrected chi connectivity index (χ4v) is 3.46. The monoisotopic (exact) mass is 458 g/mol. The average Bonchev–Trinajstić information content (AvgIpc) is 2.76. The average molecular weight is 459 g/mol. The third-order valence-electron chi connectivity index (χ3n) is 3.99. The maximum absolute atomic E-state index is 12.4. The molecule has 3 rings (SSSR count). The van der Waals surface area contributed by atoms with Crippen molar-refractivity contribution in [1.82, 2.24) is 4.83 Å². The van der Waals surface area contributed by atoms with E-state index in [1.165, 1.54) is 18.3 Å². The molecule has 0 aliphatic rings. The molecule has 0 unspecified atom stereocenters. The van der Waals surface area contributed by atoms with Crippen LogP contribution in [0.25, 0.3) is 0 Å². The van der Waals surface area contributed by atoms with Gasteiger partial charge in [-0.1, -0.05) is 29.8 Å². The normalized spacial score (nSPS) is 11.3. The van der Waals surface area contributed by atoms with E-state index in [9.17, 15) is 13.2 Å². The lowest BCUT2D eigenvalue weighted by molar-refractivity contribution is 0.0728. The zero-order valence-corrected chi connectivity index (χ0v) is 18.1. The van der Waals surface area contributed by atoms with Crippen LogP contribution in [0.3, 0.4) is 0 Å². The molecule has 7 nitrogen and oxygen atoms in total. The molecule has 0 aliphatic heterocycles. The predicted molar refractivity (Wildman–Crippen MR) is 118 cm³/mol. The van der Waals surface area contributed by atoms with Crippen LogP contribution in [-0.2, 0) is 10.0 Å². The third-order valence-corrected chi connectivity index (χ3v) is 5.48. The van der Waals surface area contributed by atoms with Crippen LogP contribution in [0.2, 0.25) is 5.02 Å². The molecule has 0 saturated heterocycles. The van der Waals surface area contributed by atoms with Crippen molar-refractivity contribution >= 4 is 33.8 Å². The number of hydrogen-bond donors (Lipinski definition) is 1. The Kier molecular flexibility index (Phi) is 7.28. The van der Waals surface area contributed by atoms with Gasteiger partial charge in [0.1, 0.15) is 0 Å². The lowest BCUT2D eigenvalue weighted by Gasteiger charge is -2.11. The van der Waals surface area contributed by atoms with Gasteiger partial charge in [-0.25, -0.2) is 9.63 Å². The van der Waals surface area contributed by atoms with Crippen molar-refractivity contribution in [2.75, 3.05) is 6.61 Å². The Balaban J connectivity index is 1.74. The van der Waals surface area contributed by atoms with Gasteiger partial charge < -0.3 is 9.47 Å². The molecule has 9 heteroatoms. The number of nitrogens with zero attached hydrogens (tertiary/aromatic N) is 1. The van der Waals surface area contributed by atoms with Crippen molar-refractivity contribution < 1.29 is 22.7 Å². The number of ether oxygens (including phenoxy) is 2. The SMILES string of the molecule is CCOc1cc(C=NNS(=O)(=O)c2ccccc2)ccc1OC(=O)c1ccc(Cl)cc1. The number of nitrogens with one attached hydrogen (secondary N) is 1. The van der Waals surface area contributed by atoms with Crippen LogP contribution >= 0.6 is 11.6 Å². The highest BCUT2D eigenvalue weighted by Crippen LogP contribution is 2.29. The van der Waals surface area contributed by atoms with E-state index >= 15 is 0 Å². The minimum absolute atomic E-state index is 0.103. The van der Waals surface area contributed by atoms with E-state index in [4.69, 9.17) is 21.1 Å². The summed E-state index contributed by atoms with van der Waals surface area (Å²) in [7, 11) is -3.77. The minimum Gasteiger partial charge on any atom is -0.490 e. The fourth-order valence-electron chi connectivity index (χ4n) is 2.52. The molecule has 0 amide bonds. The molecule has 1 N–H and O–H groups in total. The summed E-state index contributed by atoms with van der Waals surface area (Å²) in [6.45, 7) is 2.13. The van der Waals surface area contributed by atoms with Crippen LogP contribution in [0.4, 0.5) is 0 Å². The van der Waals surface area contributed by atoms with Gasteiger partial charge in [-0.15, -0.1) is 0 Å². The molecule has 0 bridgehead atoms. The Labute approximate surface area is 185 Å². The van der Waals surface area contributed by atoms with Gasteiger partial charge in [-0.2, -0.15) is 13.5 Å². The van der Waals surface area contributed by atoms with Gasteiger partial charge in [0.05, 0.1) is 23.3 Å². The van der Waals surface area contributed by atoms with Gasteiger partial charge in [0.25, 0.3) is 10.0 Å². The summed E-state index contributed by atoms with van der Waals surface area (Å²) in [4.78, 5) is 14.6. The molecule has 0 fully saturated rings. The number of carbonyl (C=O) groups excluding carboxylic acids is 1. The molecule has 0 radical (unpaired) electrons. The van der Waals surface area contributed by atoms with Crippen molar-refractivity contribution in [3.8, 4) is 11.5 Å². The number of benzene rings is 3. The van der Waals surface area contributed by atoms with Crippen LogP contribution in [0.15, 0.2) is 82.8 Å². The summed E-state index contributed by atoms with van der Waals surface area (Å²) in [5, 5.41) is 4.31. The highest BCUT2D eigenvalue weighted by atomic mass is 35.5. The lowest BCUT2D eigenvalue weighted by Crippen LogP contribution is -2.18. The first kappa shape index (κ1) is 22.3. The molecule has 0 aliphatic carbocycles. The van der Waals surface area contributed by atoms with Gasteiger partial charge in [0, 0.05) is 5.02 Å². The summed E-state index contributed by atoms with van der Waals surface area (Å²) in [5.41, 5.74) is 0.887. The summed E-state index contributed by atoms with van der Waals surface area (Å²) < 4.78 is 35.4. The van der Waals surface area contributed by atoms with Crippen LogP contribution in [0.1, 0.15) is 22.8 Å². The quantitative estimate of drug-likeness (QED) is 0.235. The van der Waals surface area contributed by atoms with Gasteiger partial charge in [-0.05, 0) is 67.1 Å². The third kappa shape index (κ3) is 6.07. The van der Waals surface area contributed by atoms with Crippen LogP contribution in [-0.4, -0.2) is 27.2 Å². The zero-order valence-electron chi connectivity index (χ0n) is 16.5. The highest BCUT2D eigenvalue weighted by molar-refractivity contribution is 7.89. The van der Waals surface area contributed by atoms with Crippen molar-refractivity contribution in [1.29, 1.82) is 0 Å². The van der Waals surface area contributed by atoms with Crippen LogP contribution < -0.4 is 14.3 Å². The molecule has 0 heterocycles. The first-order valence-corrected chi connectivity index (χ1v) is 11.1. The van der Waals surface area contributed by atoms with Crippen LogP contribution in [0, 0.1) is 0 Å². The molecule has 31 heavy (non-hydrogen) atoms. The Morgan fingerprint density at radius 1 is 1.03 bits per heavy atom. The van der Waals surface area contributed by atoms with Crippen molar-refractivity contribution in [3.63, 3.8) is 0 Å². The van der Waals surface area contributed by atoms with Crippen molar-refractivity contribution in [3.05, 3.63) is 88.9 Å². The summed E-state index contributed by atoms with van der Waals surface area (Å²) in [6.07, 6.45) is 1.33. The Morgan fingerprint density at radius 2 is 1.74 bits per heavy atom. The molecule has 0 spiro atoms. The lowest BCUT2D eigenvalue weighted by atomic mass is 10.2. The predicted octanol–water partition coefficient (Wildman–Crippen LogP) is 4.27. The van der Waals surface area contributed by atoms with Gasteiger partial charge in [0.2, 0.25) is 0 Å². The van der Waals surface area contributed by atoms with E-state index in [-0.39, 0.29) is 10.6 Å². The molecule has 0 saturated carbocycles. The number of rotatable bonds is 8. The maximum atomic E-state index is 12.4. The maximum Gasteiger partial charge on any atom is 0.343 e. The Bertz CT molecular complexity index is 1180. The second kappa shape index (κ2) is 10.1.